The van der Waals surface area contributed by atoms with Gasteiger partial charge in [-0.3, -0.25) is 19.6 Å². The van der Waals surface area contributed by atoms with Gasteiger partial charge in [-0.1, -0.05) is 0 Å². The van der Waals surface area contributed by atoms with E-state index in [9.17, 15) is 14.9 Å². The normalized spacial score (nSPS) is 10.6. The van der Waals surface area contributed by atoms with Crippen LogP contribution in [0.4, 0.5) is 5.69 Å². The first-order valence-corrected chi connectivity index (χ1v) is 6.96. The Hall–Kier alpha value is -2.64. The number of amides is 1. The second-order valence-electron chi connectivity index (χ2n) is 4.96. The van der Waals surface area contributed by atoms with Crippen molar-refractivity contribution in [3.05, 3.63) is 45.7 Å². The minimum absolute atomic E-state index is 0.0438. The first-order chi connectivity index (χ1) is 10.5. The third-order valence-corrected chi connectivity index (χ3v) is 3.34. The number of aryl methyl sites for hydroxylation is 2. The molecule has 2 aromatic rings. The number of hydrogen-bond acceptors (Lipinski definition) is 5. The van der Waals surface area contributed by atoms with Gasteiger partial charge in [0.25, 0.3) is 0 Å². The number of nitrogens with zero attached hydrogens (tertiary/aromatic N) is 3. The molecule has 2 aromatic heterocycles. The molecule has 0 fully saturated rings. The number of aromatic nitrogens is 2. The number of rotatable bonds is 7. The van der Waals surface area contributed by atoms with Gasteiger partial charge >= 0.3 is 5.69 Å². The highest BCUT2D eigenvalue weighted by atomic mass is 16.6. The van der Waals surface area contributed by atoms with Gasteiger partial charge in [-0.05, 0) is 32.4 Å². The Morgan fingerprint density at radius 3 is 2.86 bits per heavy atom. The highest BCUT2D eigenvalue weighted by Gasteiger charge is 2.21. The van der Waals surface area contributed by atoms with Crippen LogP contribution in [0.15, 0.2) is 22.8 Å². The van der Waals surface area contributed by atoms with E-state index in [0.717, 1.165) is 0 Å². The lowest BCUT2D eigenvalue weighted by Gasteiger charge is -2.05. The van der Waals surface area contributed by atoms with E-state index in [1.807, 2.05) is 0 Å². The molecule has 0 aliphatic carbocycles. The molecule has 0 spiro atoms. The van der Waals surface area contributed by atoms with Gasteiger partial charge in [-0.15, -0.1) is 0 Å². The fraction of sp³-hybridized carbons (Fsp3) is 0.429. The SMILES string of the molecule is Cc1nn(CCCC(=O)NCc2ccco2)c(C)c1[N+](=O)[O-]. The van der Waals surface area contributed by atoms with E-state index in [2.05, 4.69) is 10.4 Å². The summed E-state index contributed by atoms with van der Waals surface area (Å²) in [5, 5.41) is 17.8. The van der Waals surface area contributed by atoms with E-state index >= 15 is 0 Å². The highest BCUT2D eigenvalue weighted by Crippen LogP contribution is 2.21. The standard InChI is InChI=1S/C14H18N4O4/c1-10-14(18(20)21)11(2)17(16-10)7-3-6-13(19)15-9-12-5-4-8-22-12/h4-5,8H,3,6-7,9H2,1-2H3,(H,15,19). The Morgan fingerprint density at radius 2 is 2.27 bits per heavy atom. The molecule has 1 N–H and O–H groups in total. The van der Waals surface area contributed by atoms with Crippen molar-refractivity contribution in [3.63, 3.8) is 0 Å². The van der Waals surface area contributed by atoms with Crippen molar-refractivity contribution in [1.82, 2.24) is 15.1 Å². The summed E-state index contributed by atoms with van der Waals surface area (Å²) in [6.45, 7) is 4.10. The van der Waals surface area contributed by atoms with Crippen molar-refractivity contribution >= 4 is 11.6 Å². The van der Waals surface area contributed by atoms with Gasteiger partial charge in [0.2, 0.25) is 5.91 Å². The molecule has 0 aromatic carbocycles. The van der Waals surface area contributed by atoms with Crippen LogP contribution in [0.3, 0.4) is 0 Å². The molecule has 1 amide bonds. The van der Waals surface area contributed by atoms with E-state index < -0.39 is 4.92 Å². The quantitative estimate of drug-likeness (QED) is 0.623. The number of nitrogens with one attached hydrogen (secondary N) is 1. The maximum atomic E-state index is 11.7. The Bertz CT molecular complexity index is 661. The summed E-state index contributed by atoms with van der Waals surface area (Å²) >= 11 is 0. The van der Waals surface area contributed by atoms with Gasteiger partial charge in [-0.2, -0.15) is 5.10 Å². The summed E-state index contributed by atoms with van der Waals surface area (Å²) in [7, 11) is 0. The van der Waals surface area contributed by atoms with Crippen molar-refractivity contribution in [2.75, 3.05) is 0 Å². The summed E-state index contributed by atoms with van der Waals surface area (Å²) in [5.41, 5.74) is 0.950. The van der Waals surface area contributed by atoms with Gasteiger partial charge in [0.15, 0.2) is 0 Å². The Morgan fingerprint density at radius 1 is 1.50 bits per heavy atom. The van der Waals surface area contributed by atoms with E-state index in [1.54, 1.807) is 36.9 Å². The van der Waals surface area contributed by atoms with E-state index in [4.69, 9.17) is 4.42 Å². The van der Waals surface area contributed by atoms with Crippen LogP contribution in [-0.4, -0.2) is 20.6 Å². The van der Waals surface area contributed by atoms with Crippen molar-refractivity contribution in [3.8, 4) is 0 Å². The van der Waals surface area contributed by atoms with Crippen LogP contribution in [0.2, 0.25) is 0 Å². The number of nitro groups is 1. The molecule has 8 heteroatoms. The summed E-state index contributed by atoms with van der Waals surface area (Å²) < 4.78 is 6.70. The lowest BCUT2D eigenvalue weighted by molar-refractivity contribution is -0.386. The molecule has 8 nitrogen and oxygen atoms in total. The molecule has 0 saturated heterocycles. The minimum Gasteiger partial charge on any atom is -0.467 e. The largest absolute Gasteiger partial charge is 0.467 e. The van der Waals surface area contributed by atoms with Crippen molar-refractivity contribution in [2.24, 2.45) is 0 Å². The molecule has 22 heavy (non-hydrogen) atoms. The number of hydrogen-bond donors (Lipinski definition) is 1. The topological polar surface area (TPSA) is 103 Å². The van der Waals surface area contributed by atoms with Gasteiger partial charge < -0.3 is 9.73 Å². The summed E-state index contributed by atoms with van der Waals surface area (Å²) in [6.07, 6.45) is 2.44. The maximum absolute atomic E-state index is 11.7. The van der Waals surface area contributed by atoms with Crippen LogP contribution in [0.5, 0.6) is 0 Å². The van der Waals surface area contributed by atoms with Crippen LogP contribution >= 0.6 is 0 Å². The monoisotopic (exact) mass is 306 g/mol. The molecule has 118 valence electrons. The maximum Gasteiger partial charge on any atom is 0.312 e. The molecule has 0 atom stereocenters. The highest BCUT2D eigenvalue weighted by molar-refractivity contribution is 5.75. The predicted molar refractivity (Wildman–Crippen MR) is 78.1 cm³/mol. The summed E-state index contributed by atoms with van der Waals surface area (Å²) in [5.74, 6) is 0.606. The molecule has 2 heterocycles. The van der Waals surface area contributed by atoms with E-state index in [-0.39, 0.29) is 11.6 Å². The van der Waals surface area contributed by atoms with Gasteiger partial charge in [0, 0.05) is 13.0 Å². The fourth-order valence-electron chi connectivity index (χ4n) is 2.25. The third-order valence-electron chi connectivity index (χ3n) is 3.34. The van der Waals surface area contributed by atoms with E-state index in [0.29, 0.717) is 43.1 Å². The van der Waals surface area contributed by atoms with Crippen LogP contribution in [-0.2, 0) is 17.9 Å². The number of carbonyl (C=O) groups excluding carboxylic acids is 1. The second-order valence-corrected chi connectivity index (χ2v) is 4.96. The molecule has 0 radical (unpaired) electrons. The molecular formula is C14H18N4O4. The fourth-order valence-corrected chi connectivity index (χ4v) is 2.25. The van der Waals surface area contributed by atoms with Crippen molar-refractivity contribution < 1.29 is 14.1 Å². The Kier molecular flexibility index (Phi) is 4.92. The van der Waals surface area contributed by atoms with Gasteiger partial charge in [0.1, 0.15) is 17.1 Å². The second kappa shape index (κ2) is 6.88. The van der Waals surface area contributed by atoms with Crippen LogP contribution in [0, 0.1) is 24.0 Å². The summed E-state index contributed by atoms with van der Waals surface area (Å²) in [4.78, 5) is 22.2. The molecule has 0 aliphatic heterocycles. The minimum atomic E-state index is -0.426. The molecule has 0 saturated carbocycles. The van der Waals surface area contributed by atoms with Crippen LogP contribution < -0.4 is 5.32 Å². The molecular weight excluding hydrogens is 288 g/mol. The van der Waals surface area contributed by atoms with Gasteiger partial charge in [0.05, 0.1) is 17.7 Å². The molecule has 0 aliphatic rings. The Labute approximate surface area is 127 Å². The average molecular weight is 306 g/mol. The zero-order valence-electron chi connectivity index (χ0n) is 12.5. The smallest absolute Gasteiger partial charge is 0.312 e. The zero-order chi connectivity index (χ0) is 16.1. The summed E-state index contributed by atoms with van der Waals surface area (Å²) in [6, 6.07) is 3.55. The molecule has 0 bridgehead atoms. The lowest BCUT2D eigenvalue weighted by Crippen LogP contribution is -2.22. The number of furan rings is 1. The third kappa shape index (κ3) is 3.72. The molecule has 2 rings (SSSR count). The lowest BCUT2D eigenvalue weighted by atomic mass is 10.3. The van der Waals surface area contributed by atoms with Crippen molar-refractivity contribution in [1.29, 1.82) is 0 Å². The van der Waals surface area contributed by atoms with Gasteiger partial charge in [-0.25, -0.2) is 0 Å². The Balaban J connectivity index is 1.80. The zero-order valence-corrected chi connectivity index (χ0v) is 12.5. The first kappa shape index (κ1) is 15.7. The molecule has 0 unspecified atom stereocenters. The first-order valence-electron chi connectivity index (χ1n) is 6.96. The van der Waals surface area contributed by atoms with Crippen LogP contribution in [0.25, 0.3) is 0 Å². The predicted octanol–water partition coefficient (Wildman–Crippen LogP) is 2.10. The number of carbonyl (C=O) groups is 1. The average Bonchev–Trinajstić information content (AvgIpc) is 3.05. The van der Waals surface area contributed by atoms with Crippen molar-refractivity contribution in [2.45, 2.75) is 39.8 Å². The van der Waals surface area contributed by atoms with E-state index in [1.165, 1.54) is 0 Å². The van der Waals surface area contributed by atoms with Crippen LogP contribution in [0.1, 0.15) is 30.0 Å².